The topological polar surface area (TPSA) is 37.9 Å². The van der Waals surface area contributed by atoms with Crippen LogP contribution in [0.25, 0.3) is 0 Å². The fourth-order valence-corrected chi connectivity index (χ4v) is 3.89. The van der Waals surface area contributed by atoms with Gasteiger partial charge in [0, 0.05) is 0 Å². The van der Waals surface area contributed by atoms with Crippen molar-refractivity contribution in [1.82, 2.24) is 0 Å². The number of nitrogens with zero attached hydrogens (tertiary/aromatic N) is 2. The molecule has 0 atom stereocenters. The van der Waals surface area contributed by atoms with E-state index in [0.717, 1.165) is 60.0 Å². The molecule has 0 aliphatic carbocycles. The summed E-state index contributed by atoms with van der Waals surface area (Å²) in [6.07, 6.45) is 3.86. The first-order valence-corrected chi connectivity index (χ1v) is 11.4. The van der Waals surface area contributed by atoms with Crippen LogP contribution >= 0.6 is 0 Å². The highest BCUT2D eigenvalue weighted by Gasteiger charge is 2.12. The van der Waals surface area contributed by atoms with Gasteiger partial charge < -0.3 is 4.42 Å². The van der Waals surface area contributed by atoms with E-state index in [-0.39, 0.29) is 0 Å². The molecule has 0 aliphatic heterocycles. The number of rotatable bonds is 8. The molecule has 0 unspecified atom stereocenters. The van der Waals surface area contributed by atoms with Crippen molar-refractivity contribution < 1.29 is 4.42 Å². The number of furan rings is 1. The molecule has 162 valence electrons. The second-order valence-corrected chi connectivity index (χ2v) is 7.82. The Morgan fingerprint density at radius 2 is 0.903 bits per heavy atom. The first-order valence-electron chi connectivity index (χ1n) is 11.4. The molecule has 0 fully saturated rings. The Kier molecular flexibility index (Phi) is 7.62. The zero-order valence-corrected chi connectivity index (χ0v) is 19.7. The molecular weight excluding hydrogens is 380 g/mol. The summed E-state index contributed by atoms with van der Waals surface area (Å²) in [6.45, 7) is 12.7. The van der Waals surface area contributed by atoms with Gasteiger partial charge in [-0.15, -0.1) is 0 Å². The van der Waals surface area contributed by atoms with E-state index in [9.17, 15) is 0 Å². The molecule has 3 heteroatoms. The summed E-state index contributed by atoms with van der Waals surface area (Å²) in [5.41, 5.74) is 9.02. The van der Waals surface area contributed by atoms with Crippen LogP contribution in [0.15, 0.2) is 62.9 Å². The van der Waals surface area contributed by atoms with Crippen molar-refractivity contribution in [3.8, 4) is 0 Å². The Hall–Kier alpha value is -2.94. The maximum atomic E-state index is 6.18. The van der Waals surface area contributed by atoms with Gasteiger partial charge in [0.2, 0.25) is 0 Å². The van der Waals surface area contributed by atoms with E-state index >= 15 is 0 Å². The Bertz CT molecular complexity index is 971. The third-order valence-electron chi connectivity index (χ3n) is 5.81. The van der Waals surface area contributed by atoms with E-state index < -0.39 is 0 Å². The van der Waals surface area contributed by atoms with Crippen LogP contribution in [0, 0.1) is 0 Å². The Morgan fingerprint density at radius 3 is 1.19 bits per heavy atom. The molecule has 1 heterocycles. The molecule has 0 bridgehead atoms. The average molecular weight is 415 g/mol. The van der Waals surface area contributed by atoms with Gasteiger partial charge in [0.25, 0.3) is 0 Å². The molecule has 1 aromatic heterocycles. The quantitative estimate of drug-likeness (QED) is 0.346. The van der Waals surface area contributed by atoms with Crippen molar-refractivity contribution in [2.24, 2.45) is 9.98 Å². The van der Waals surface area contributed by atoms with E-state index in [1.54, 1.807) is 0 Å². The van der Waals surface area contributed by atoms with Crippen molar-refractivity contribution in [3.63, 3.8) is 0 Å². The summed E-state index contributed by atoms with van der Waals surface area (Å²) in [5.74, 6) is 1.58. The van der Waals surface area contributed by atoms with Crippen LogP contribution in [-0.4, -0.2) is 11.4 Å². The lowest BCUT2D eigenvalue weighted by Crippen LogP contribution is -1.97. The highest BCUT2D eigenvalue weighted by Crippen LogP contribution is 2.29. The number of aliphatic imine (C=N–C) groups is 2. The van der Waals surface area contributed by atoms with E-state index in [1.807, 2.05) is 26.0 Å². The molecule has 0 spiro atoms. The van der Waals surface area contributed by atoms with E-state index in [4.69, 9.17) is 14.4 Å². The Morgan fingerprint density at radius 1 is 0.581 bits per heavy atom. The Balaban J connectivity index is 1.96. The van der Waals surface area contributed by atoms with Gasteiger partial charge in [-0.3, -0.25) is 0 Å². The molecule has 0 N–H and O–H groups in total. The lowest BCUT2D eigenvalue weighted by molar-refractivity contribution is 0.547. The molecular formula is C28H34N2O. The zero-order valence-electron chi connectivity index (χ0n) is 19.7. The first kappa shape index (κ1) is 22.7. The van der Waals surface area contributed by atoms with Crippen molar-refractivity contribution >= 4 is 22.8 Å². The number of para-hydroxylation sites is 2. The maximum absolute atomic E-state index is 6.18. The van der Waals surface area contributed by atoms with Crippen LogP contribution in [0.2, 0.25) is 0 Å². The number of aryl methyl sites for hydroxylation is 4. The fraction of sp³-hybridized carbons (Fsp3) is 0.357. The summed E-state index contributed by atoms with van der Waals surface area (Å²) < 4.78 is 6.18. The summed E-state index contributed by atoms with van der Waals surface area (Å²) in [4.78, 5) is 9.93. The second-order valence-electron chi connectivity index (χ2n) is 7.82. The number of benzene rings is 2. The molecule has 0 saturated carbocycles. The molecule has 3 rings (SSSR count). The lowest BCUT2D eigenvalue weighted by Gasteiger charge is -2.10. The minimum Gasteiger partial charge on any atom is -0.454 e. The highest BCUT2D eigenvalue weighted by atomic mass is 16.3. The molecule has 0 amide bonds. The number of hydrogen-bond acceptors (Lipinski definition) is 3. The van der Waals surface area contributed by atoms with Crippen LogP contribution in [-0.2, 0) is 25.7 Å². The third kappa shape index (κ3) is 5.04. The molecule has 31 heavy (non-hydrogen) atoms. The zero-order chi connectivity index (χ0) is 22.4. The minimum atomic E-state index is 0.789. The highest BCUT2D eigenvalue weighted by molar-refractivity contribution is 6.02. The van der Waals surface area contributed by atoms with Crippen LogP contribution in [0.1, 0.15) is 75.3 Å². The van der Waals surface area contributed by atoms with Crippen LogP contribution in [0.5, 0.6) is 0 Å². The SMILES string of the molecule is CCc1cccc(CC)c1N=C(C)c1ccc(C(C)=Nc2c(CC)cccc2CC)o1. The largest absolute Gasteiger partial charge is 0.454 e. The summed E-state index contributed by atoms with van der Waals surface area (Å²) in [7, 11) is 0. The average Bonchev–Trinajstić information content (AvgIpc) is 3.30. The predicted molar refractivity (Wildman–Crippen MR) is 133 cm³/mol. The monoisotopic (exact) mass is 414 g/mol. The third-order valence-corrected chi connectivity index (χ3v) is 5.81. The molecule has 3 nitrogen and oxygen atoms in total. The molecule has 0 saturated heterocycles. The second kappa shape index (κ2) is 10.4. The predicted octanol–water partition coefficient (Wildman–Crippen LogP) is 7.81. The Labute approximate surface area is 187 Å². The van der Waals surface area contributed by atoms with Crippen molar-refractivity contribution in [3.05, 3.63) is 82.3 Å². The number of hydrogen-bond donors (Lipinski definition) is 0. The molecule has 0 aliphatic rings. The van der Waals surface area contributed by atoms with Crippen LogP contribution in [0.4, 0.5) is 11.4 Å². The molecule has 0 radical (unpaired) electrons. The van der Waals surface area contributed by atoms with E-state index in [0.29, 0.717) is 0 Å². The van der Waals surface area contributed by atoms with Crippen molar-refractivity contribution in [2.75, 3.05) is 0 Å². The standard InChI is InChI=1S/C28H34N2O/c1-7-21-13-11-14-22(8-2)27(21)29-19(5)25-17-18-26(31-25)20(6)30-28-23(9-3)15-12-16-24(28)10-4/h11-18H,7-10H2,1-6H3. The molecule has 2 aromatic carbocycles. The molecule has 3 aromatic rings. The lowest BCUT2D eigenvalue weighted by atomic mass is 10.0. The summed E-state index contributed by atoms with van der Waals surface area (Å²) in [5, 5.41) is 0. The van der Waals surface area contributed by atoms with Gasteiger partial charge in [0.1, 0.15) is 11.5 Å². The van der Waals surface area contributed by atoms with Gasteiger partial charge in [-0.2, -0.15) is 0 Å². The van der Waals surface area contributed by atoms with Gasteiger partial charge in [0.05, 0.1) is 22.8 Å². The first-order chi connectivity index (χ1) is 15.0. The van der Waals surface area contributed by atoms with Gasteiger partial charge in [-0.05, 0) is 73.9 Å². The van der Waals surface area contributed by atoms with Gasteiger partial charge in [-0.1, -0.05) is 64.1 Å². The minimum absolute atomic E-state index is 0.789. The van der Waals surface area contributed by atoms with E-state index in [1.165, 1.54) is 22.3 Å². The van der Waals surface area contributed by atoms with Gasteiger partial charge in [-0.25, -0.2) is 9.98 Å². The van der Waals surface area contributed by atoms with E-state index in [2.05, 4.69) is 64.1 Å². The smallest absolute Gasteiger partial charge is 0.148 e. The van der Waals surface area contributed by atoms with Gasteiger partial charge >= 0.3 is 0 Å². The van der Waals surface area contributed by atoms with Crippen LogP contribution < -0.4 is 0 Å². The maximum Gasteiger partial charge on any atom is 0.148 e. The van der Waals surface area contributed by atoms with Crippen molar-refractivity contribution in [2.45, 2.75) is 67.2 Å². The van der Waals surface area contributed by atoms with Crippen molar-refractivity contribution in [1.29, 1.82) is 0 Å². The van der Waals surface area contributed by atoms with Gasteiger partial charge in [0.15, 0.2) is 0 Å². The van der Waals surface area contributed by atoms with Crippen LogP contribution in [0.3, 0.4) is 0 Å². The summed E-state index contributed by atoms with van der Waals surface area (Å²) in [6, 6.07) is 16.9. The normalized spacial score (nSPS) is 12.5. The summed E-state index contributed by atoms with van der Waals surface area (Å²) >= 11 is 0. The fourth-order valence-electron chi connectivity index (χ4n) is 3.89.